The molecule has 1 saturated heterocycles. The highest BCUT2D eigenvalue weighted by Gasteiger charge is 2.29. The molecular weight excluding hydrogens is 412 g/mol. The van der Waals surface area contributed by atoms with Gasteiger partial charge in [0.15, 0.2) is 0 Å². The van der Waals surface area contributed by atoms with Crippen LogP contribution in [0, 0.1) is 5.92 Å². The van der Waals surface area contributed by atoms with Gasteiger partial charge in [0.05, 0.1) is 23.1 Å². The van der Waals surface area contributed by atoms with E-state index in [9.17, 15) is 9.59 Å². The maximum atomic E-state index is 12.6. The topological polar surface area (TPSA) is 75.6 Å². The van der Waals surface area contributed by atoms with E-state index < -0.39 is 0 Å². The number of rotatable bonds is 7. The normalized spacial score (nSPS) is 17.0. The molecule has 1 aliphatic carbocycles. The number of nitrogens with zero attached hydrogens (tertiary/aromatic N) is 2. The Morgan fingerprint density at radius 3 is 2.68 bits per heavy atom. The Morgan fingerprint density at radius 1 is 1.03 bits per heavy atom. The van der Waals surface area contributed by atoms with E-state index in [1.165, 1.54) is 11.3 Å². The van der Waals surface area contributed by atoms with E-state index >= 15 is 0 Å². The van der Waals surface area contributed by atoms with Crippen molar-refractivity contribution in [1.82, 2.24) is 9.47 Å². The van der Waals surface area contributed by atoms with Crippen molar-refractivity contribution in [2.75, 3.05) is 43.5 Å². The highest BCUT2D eigenvalue weighted by Crippen LogP contribution is 2.32. The van der Waals surface area contributed by atoms with Crippen LogP contribution in [0.15, 0.2) is 42.6 Å². The van der Waals surface area contributed by atoms with Gasteiger partial charge in [-0.25, -0.2) is 0 Å². The second-order valence-corrected chi connectivity index (χ2v) is 9.20. The average Bonchev–Trinajstić information content (AvgIpc) is 3.41. The fraction of sp³-hybridized carbons (Fsp3) is 0.391. The maximum absolute atomic E-state index is 12.6. The predicted molar refractivity (Wildman–Crippen MR) is 123 cm³/mol. The van der Waals surface area contributed by atoms with Crippen LogP contribution in [0.4, 0.5) is 10.7 Å². The van der Waals surface area contributed by atoms with E-state index in [0.29, 0.717) is 4.88 Å². The average molecular weight is 439 g/mol. The molecule has 0 radical (unpaired) electrons. The van der Waals surface area contributed by atoms with Crippen molar-refractivity contribution in [2.24, 2.45) is 5.92 Å². The zero-order chi connectivity index (χ0) is 21.2. The molecule has 1 aliphatic heterocycles. The molecule has 1 saturated carbocycles. The minimum absolute atomic E-state index is 0.0531. The standard InChI is InChI=1S/C23H26N4O3S/c28-22(16-1-2-16)25-21-6-5-20(31-21)23(29)24-18-3-4-19-17(15-18)7-8-27(19)10-9-26-11-13-30-14-12-26/h3-8,15-16H,1-2,9-14H2,(H,24,29)(H,25,28). The highest BCUT2D eigenvalue weighted by molar-refractivity contribution is 7.18. The zero-order valence-corrected chi connectivity index (χ0v) is 18.1. The Kier molecular flexibility index (Phi) is 5.76. The molecule has 7 nitrogen and oxygen atoms in total. The van der Waals surface area contributed by atoms with Crippen molar-refractivity contribution >= 4 is 44.7 Å². The maximum Gasteiger partial charge on any atom is 0.265 e. The first-order valence-corrected chi connectivity index (χ1v) is 11.6. The molecule has 2 fully saturated rings. The zero-order valence-electron chi connectivity index (χ0n) is 17.3. The van der Waals surface area contributed by atoms with Gasteiger partial charge in [0.25, 0.3) is 5.91 Å². The van der Waals surface area contributed by atoms with Crippen LogP contribution in [0.5, 0.6) is 0 Å². The Labute approximate surface area is 185 Å². The van der Waals surface area contributed by atoms with Crippen LogP contribution in [-0.4, -0.2) is 54.1 Å². The fourth-order valence-corrected chi connectivity index (χ4v) is 4.64. The third-order valence-corrected chi connectivity index (χ3v) is 6.81. The summed E-state index contributed by atoms with van der Waals surface area (Å²) in [7, 11) is 0. The summed E-state index contributed by atoms with van der Waals surface area (Å²) in [6, 6.07) is 11.6. The van der Waals surface area contributed by atoms with Crippen molar-refractivity contribution < 1.29 is 14.3 Å². The number of carbonyl (C=O) groups is 2. The van der Waals surface area contributed by atoms with Gasteiger partial charge in [-0.05, 0) is 49.2 Å². The molecule has 0 spiro atoms. The number of ether oxygens (including phenoxy) is 1. The number of nitrogens with one attached hydrogen (secondary N) is 2. The summed E-state index contributed by atoms with van der Waals surface area (Å²) in [6.07, 6.45) is 4.02. The third-order valence-electron chi connectivity index (χ3n) is 5.81. The number of fused-ring (bicyclic) bond motifs is 1. The molecule has 31 heavy (non-hydrogen) atoms. The van der Waals surface area contributed by atoms with Gasteiger partial charge in [0.1, 0.15) is 0 Å². The fourth-order valence-electron chi connectivity index (χ4n) is 3.84. The first-order valence-electron chi connectivity index (χ1n) is 10.8. The van der Waals surface area contributed by atoms with Gasteiger partial charge in [-0.2, -0.15) is 0 Å². The van der Waals surface area contributed by atoms with Crippen LogP contribution in [0.2, 0.25) is 0 Å². The lowest BCUT2D eigenvalue weighted by molar-refractivity contribution is -0.117. The van der Waals surface area contributed by atoms with Crippen LogP contribution >= 0.6 is 11.3 Å². The molecule has 2 N–H and O–H groups in total. The molecule has 2 aliphatic rings. The molecule has 1 aromatic carbocycles. The number of anilines is 2. The summed E-state index contributed by atoms with van der Waals surface area (Å²) in [5.74, 6) is 0.0349. The molecule has 2 aromatic heterocycles. The Bertz CT molecular complexity index is 1100. The summed E-state index contributed by atoms with van der Waals surface area (Å²) >= 11 is 1.30. The number of morpholine rings is 1. The summed E-state index contributed by atoms with van der Waals surface area (Å²) in [4.78, 5) is 27.5. The monoisotopic (exact) mass is 438 g/mol. The van der Waals surface area contributed by atoms with E-state index in [4.69, 9.17) is 4.74 Å². The Morgan fingerprint density at radius 2 is 1.87 bits per heavy atom. The lowest BCUT2D eigenvalue weighted by Gasteiger charge is -2.26. The summed E-state index contributed by atoms with van der Waals surface area (Å²) in [5.41, 5.74) is 1.92. The van der Waals surface area contributed by atoms with E-state index in [1.54, 1.807) is 12.1 Å². The minimum Gasteiger partial charge on any atom is -0.379 e. The van der Waals surface area contributed by atoms with Crippen molar-refractivity contribution in [3.8, 4) is 0 Å². The molecular formula is C23H26N4O3S. The summed E-state index contributed by atoms with van der Waals surface area (Å²) < 4.78 is 7.67. The quantitative estimate of drug-likeness (QED) is 0.591. The lowest BCUT2D eigenvalue weighted by Crippen LogP contribution is -2.38. The number of amides is 2. The molecule has 3 heterocycles. The number of hydrogen-bond donors (Lipinski definition) is 2. The number of aromatic nitrogens is 1. The summed E-state index contributed by atoms with van der Waals surface area (Å²) in [5, 5.41) is 7.68. The van der Waals surface area contributed by atoms with E-state index in [-0.39, 0.29) is 17.7 Å². The van der Waals surface area contributed by atoms with Gasteiger partial charge in [-0.1, -0.05) is 0 Å². The van der Waals surface area contributed by atoms with Crippen molar-refractivity contribution in [2.45, 2.75) is 19.4 Å². The predicted octanol–water partition coefficient (Wildman–Crippen LogP) is 3.64. The minimum atomic E-state index is -0.164. The van der Waals surface area contributed by atoms with Crippen LogP contribution in [-0.2, 0) is 16.1 Å². The number of benzene rings is 1. The smallest absolute Gasteiger partial charge is 0.265 e. The van der Waals surface area contributed by atoms with Gasteiger partial charge in [-0.3, -0.25) is 14.5 Å². The van der Waals surface area contributed by atoms with Crippen molar-refractivity contribution in [3.63, 3.8) is 0 Å². The molecule has 0 unspecified atom stereocenters. The van der Waals surface area contributed by atoms with E-state index in [0.717, 1.165) is 73.8 Å². The van der Waals surface area contributed by atoms with Gasteiger partial charge >= 0.3 is 0 Å². The molecule has 8 heteroatoms. The second-order valence-electron chi connectivity index (χ2n) is 8.12. The van der Waals surface area contributed by atoms with Crippen LogP contribution in [0.1, 0.15) is 22.5 Å². The van der Waals surface area contributed by atoms with E-state index in [1.807, 2.05) is 12.1 Å². The van der Waals surface area contributed by atoms with E-state index in [2.05, 4.69) is 38.4 Å². The molecule has 0 atom stereocenters. The first-order chi connectivity index (χ1) is 15.2. The number of hydrogen-bond acceptors (Lipinski definition) is 5. The molecule has 3 aromatic rings. The van der Waals surface area contributed by atoms with Crippen molar-refractivity contribution in [3.05, 3.63) is 47.5 Å². The SMILES string of the molecule is O=C(Nc1ccc2c(ccn2CCN2CCOCC2)c1)c1ccc(NC(=O)C2CC2)s1. The third kappa shape index (κ3) is 4.81. The van der Waals surface area contributed by atoms with Crippen LogP contribution in [0.3, 0.4) is 0 Å². The first kappa shape index (κ1) is 20.2. The van der Waals surface area contributed by atoms with Crippen LogP contribution in [0.25, 0.3) is 10.9 Å². The molecule has 5 rings (SSSR count). The lowest BCUT2D eigenvalue weighted by atomic mass is 10.2. The Hall–Kier alpha value is -2.68. The molecule has 162 valence electrons. The van der Waals surface area contributed by atoms with Gasteiger partial charge < -0.3 is 19.9 Å². The van der Waals surface area contributed by atoms with Crippen LogP contribution < -0.4 is 10.6 Å². The van der Waals surface area contributed by atoms with Crippen molar-refractivity contribution in [1.29, 1.82) is 0 Å². The van der Waals surface area contributed by atoms with Gasteiger partial charge in [0.2, 0.25) is 5.91 Å². The van der Waals surface area contributed by atoms with Gasteiger partial charge in [0, 0.05) is 54.9 Å². The van der Waals surface area contributed by atoms with Gasteiger partial charge in [-0.15, -0.1) is 11.3 Å². The number of thiophene rings is 1. The largest absolute Gasteiger partial charge is 0.379 e. The summed E-state index contributed by atoms with van der Waals surface area (Å²) in [6.45, 7) is 5.54. The second kappa shape index (κ2) is 8.82. The molecule has 0 bridgehead atoms. The highest BCUT2D eigenvalue weighted by atomic mass is 32.1. The number of carbonyl (C=O) groups excluding carboxylic acids is 2. The Balaban J connectivity index is 1.21. The molecule has 2 amide bonds.